The van der Waals surface area contributed by atoms with Crippen LogP contribution in [0.2, 0.25) is 0 Å². The molecule has 4 nitrogen and oxygen atoms in total. The third-order valence-electron chi connectivity index (χ3n) is 4.23. The van der Waals surface area contributed by atoms with Crippen molar-refractivity contribution in [3.63, 3.8) is 0 Å². The lowest BCUT2D eigenvalue weighted by atomic mass is 9.78. The van der Waals surface area contributed by atoms with Gasteiger partial charge < -0.3 is 5.32 Å². The molecule has 2 fully saturated rings. The van der Waals surface area contributed by atoms with E-state index in [0.29, 0.717) is 23.3 Å². The molecule has 2 bridgehead atoms. The first-order valence-electron chi connectivity index (χ1n) is 6.92. The van der Waals surface area contributed by atoms with Crippen LogP contribution in [0.5, 0.6) is 0 Å². The van der Waals surface area contributed by atoms with Gasteiger partial charge in [0.05, 0.1) is 11.6 Å². The minimum absolute atomic E-state index is 0.0676. The van der Waals surface area contributed by atoms with E-state index in [1.165, 1.54) is 19.3 Å². The van der Waals surface area contributed by atoms with Crippen molar-refractivity contribution in [2.24, 2.45) is 5.92 Å². The number of rotatable bonds is 2. The number of Topliss-reactive ketones (excluding diaryl/α,β-unsaturated/α-hetero) is 1. The van der Waals surface area contributed by atoms with Gasteiger partial charge in [0.2, 0.25) is 0 Å². The highest BCUT2D eigenvalue weighted by Gasteiger charge is 2.35. The Balaban J connectivity index is 1.78. The summed E-state index contributed by atoms with van der Waals surface area (Å²) < 4.78 is 0. The third kappa shape index (κ3) is 2.52. The van der Waals surface area contributed by atoms with Crippen molar-refractivity contribution in [2.75, 3.05) is 0 Å². The summed E-state index contributed by atoms with van der Waals surface area (Å²) in [6.45, 7) is 0. The summed E-state index contributed by atoms with van der Waals surface area (Å²) in [6, 6.07) is 6.28. The monoisotopic (exact) mass is 255 g/mol. The van der Waals surface area contributed by atoms with Crippen molar-refractivity contribution >= 4 is 5.78 Å². The summed E-state index contributed by atoms with van der Waals surface area (Å²) in [5.74, 6) is 0.175. The minimum Gasteiger partial charge on any atom is -0.311 e. The van der Waals surface area contributed by atoms with E-state index in [1.807, 2.05) is 0 Å². The summed E-state index contributed by atoms with van der Waals surface area (Å²) in [7, 11) is 0. The number of piperidine rings is 2. The number of fused-ring (bicyclic) bond motifs is 2. The van der Waals surface area contributed by atoms with Crippen molar-refractivity contribution in [2.45, 2.75) is 44.2 Å². The quantitative estimate of drug-likeness (QED) is 0.821. The molecule has 3 rings (SSSR count). The molecule has 2 aliphatic heterocycles. The van der Waals surface area contributed by atoms with E-state index in [1.54, 1.807) is 18.3 Å². The van der Waals surface area contributed by atoms with Crippen LogP contribution in [-0.4, -0.2) is 22.9 Å². The van der Waals surface area contributed by atoms with Gasteiger partial charge in [0.25, 0.3) is 0 Å². The molecule has 1 N–H and O–H groups in total. The van der Waals surface area contributed by atoms with Crippen LogP contribution in [0, 0.1) is 17.2 Å². The number of nitriles is 1. The molecule has 0 saturated carbocycles. The van der Waals surface area contributed by atoms with Crippen LogP contribution in [-0.2, 0) is 0 Å². The second-order valence-corrected chi connectivity index (χ2v) is 5.57. The highest BCUT2D eigenvalue weighted by atomic mass is 16.1. The van der Waals surface area contributed by atoms with E-state index in [4.69, 9.17) is 5.26 Å². The van der Waals surface area contributed by atoms with E-state index in [0.717, 1.165) is 12.8 Å². The van der Waals surface area contributed by atoms with Gasteiger partial charge in [-0.25, -0.2) is 0 Å². The predicted molar refractivity (Wildman–Crippen MR) is 70.6 cm³/mol. The van der Waals surface area contributed by atoms with E-state index in [2.05, 4.69) is 16.4 Å². The smallest absolute Gasteiger partial charge is 0.184 e. The van der Waals surface area contributed by atoms with Crippen LogP contribution in [0.4, 0.5) is 0 Å². The summed E-state index contributed by atoms with van der Waals surface area (Å²) in [5, 5.41) is 12.5. The predicted octanol–water partition coefficient (Wildman–Crippen LogP) is 2.06. The number of pyridine rings is 1. The molecule has 98 valence electrons. The number of nitrogens with one attached hydrogen (secondary N) is 1. The zero-order valence-corrected chi connectivity index (χ0v) is 10.8. The van der Waals surface area contributed by atoms with E-state index < -0.39 is 0 Å². The number of hydrogen-bond donors (Lipinski definition) is 1. The van der Waals surface area contributed by atoms with Crippen molar-refractivity contribution in [3.05, 3.63) is 29.6 Å². The number of carbonyl (C=O) groups excluding carboxylic acids is 1. The van der Waals surface area contributed by atoms with E-state index in [-0.39, 0.29) is 11.7 Å². The lowest BCUT2D eigenvalue weighted by Gasteiger charge is -2.39. The summed E-state index contributed by atoms with van der Waals surface area (Å²) >= 11 is 0. The van der Waals surface area contributed by atoms with Gasteiger partial charge in [0, 0.05) is 24.2 Å². The van der Waals surface area contributed by atoms with Crippen LogP contribution in [0.1, 0.15) is 48.2 Å². The fraction of sp³-hybridized carbons (Fsp3) is 0.533. The average Bonchev–Trinajstić information content (AvgIpc) is 2.46. The Labute approximate surface area is 112 Å². The molecule has 2 atom stereocenters. The van der Waals surface area contributed by atoms with E-state index in [9.17, 15) is 4.79 Å². The van der Waals surface area contributed by atoms with Crippen molar-refractivity contribution in [1.82, 2.24) is 10.3 Å². The fourth-order valence-electron chi connectivity index (χ4n) is 3.32. The van der Waals surface area contributed by atoms with Crippen LogP contribution in [0.3, 0.4) is 0 Å². The maximum Gasteiger partial charge on any atom is 0.184 e. The number of nitrogens with zero attached hydrogens (tertiary/aromatic N) is 2. The molecule has 2 aliphatic rings. The number of hydrogen-bond acceptors (Lipinski definition) is 4. The molecule has 19 heavy (non-hydrogen) atoms. The van der Waals surface area contributed by atoms with E-state index >= 15 is 0 Å². The standard InChI is InChI=1S/C15H17N3O/c16-9-10-4-5-17-14(6-10)15(19)11-7-12-2-1-3-13(8-11)18-12/h4-6,11-13,18H,1-3,7-8H2. The Morgan fingerprint density at radius 1 is 1.37 bits per heavy atom. The van der Waals surface area contributed by atoms with Crippen molar-refractivity contribution in [3.8, 4) is 6.07 Å². The molecule has 0 spiro atoms. The first-order valence-corrected chi connectivity index (χ1v) is 6.92. The fourth-order valence-corrected chi connectivity index (χ4v) is 3.32. The van der Waals surface area contributed by atoms with Crippen LogP contribution < -0.4 is 5.32 Å². The van der Waals surface area contributed by atoms with Crippen molar-refractivity contribution < 1.29 is 4.79 Å². The molecule has 1 aromatic rings. The van der Waals surface area contributed by atoms with Gasteiger partial charge in [-0.3, -0.25) is 9.78 Å². The maximum atomic E-state index is 12.5. The number of aromatic nitrogens is 1. The Bertz CT molecular complexity index is 522. The number of ketones is 1. The van der Waals surface area contributed by atoms with Crippen molar-refractivity contribution in [1.29, 1.82) is 5.26 Å². The second kappa shape index (κ2) is 5.10. The molecule has 0 aromatic carbocycles. The molecule has 2 unspecified atom stereocenters. The Kier molecular flexibility index (Phi) is 3.31. The minimum atomic E-state index is 0.0676. The van der Waals surface area contributed by atoms with Gasteiger partial charge in [-0.15, -0.1) is 0 Å². The molecular weight excluding hydrogens is 238 g/mol. The molecule has 1 aromatic heterocycles. The topological polar surface area (TPSA) is 65.8 Å². The molecule has 2 saturated heterocycles. The van der Waals surface area contributed by atoms with Gasteiger partial charge in [-0.2, -0.15) is 5.26 Å². The Hall–Kier alpha value is -1.73. The first kappa shape index (κ1) is 12.3. The first-order chi connectivity index (χ1) is 9.26. The summed E-state index contributed by atoms with van der Waals surface area (Å²) in [6.07, 6.45) is 6.98. The molecule has 0 radical (unpaired) electrons. The normalized spacial score (nSPS) is 29.5. The van der Waals surface area contributed by atoms with Gasteiger partial charge in [-0.1, -0.05) is 6.42 Å². The Morgan fingerprint density at radius 3 is 2.79 bits per heavy atom. The lowest BCUT2D eigenvalue weighted by Crippen LogP contribution is -2.50. The molecule has 0 amide bonds. The van der Waals surface area contributed by atoms with Gasteiger partial charge >= 0.3 is 0 Å². The average molecular weight is 255 g/mol. The molecule has 0 aliphatic carbocycles. The second-order valence-electron chi connectivity index (χ2n) is 5.57. The lowest BCUT2D eigenvalue weighted by molar-refractivity contribution is 0.0820. The SMILES string of the molecule is N#Cc1ccnc(C(=O)C2CC3CCCC(C2)N3)c1. The Morgan fingerprint density at radius 2 is 2.11 bits per heavy atom. The maximum absolute atomic E-state index is 12.5. The zero-order chi connectivity index (χ0) is 13.2. The molecule has 3 heterocycles. The molecular formula is C15H17N3O. The van der Waals surface area contributed by atoms with Gasteiger partial charge in [0.15, 0.2) is 5.78 Å². The summed E-state index contributed by atoms with van der Waals surface area (Å²) in [4.78, 5) is 16.6. The van der Waals surface area contributed by atoms with Crippen LogP contribution >= 0.6 is 0 Å². The van der Waals surface area contributed by atoms with Gasteiger partial charge in [-0.05, 0) is 37.8 Å². The highest BCUT2D eigenvalue weighted by molar-refractivity contribution is 5.96. The van der Waals surface area contributed by atoms with Crippen LogP contribution in [0.15, 0.2) is 18.3 Å². The van der Waals surface area contributed by atoms with Gasteiger partial charge in [0.1, 0.15) is 5.69 Å². The zero-order valence-electron chi connectivity index (χ0n) is 10.8. The largest absolute Gasteiger partial charge is 0.311 e. The molecule has 4 heteroatoms. The third-order valence-corrected chi connectivity index (χ3v) is 4.23. The van der Waals surface area contributed by atoms with Crippen LogP contribution in [0.25, 0.3) is 0 Å². The summed E-state index contributed by atoms with van der Waals surface area (Å²) in [5.41, 5.74) is 0.955. The highest BCUT2D eigenvalue weighted by Crippen LogP contribution is 2.31. The number of carbonyl (C=O) groups is 1.